The van der Waals surface area contributed by atoms with Crippen LogP contribution in [0.2, 0.25) is 0 Å². The van der Waals surface area contributed by atoms with Crippen LogP contribution < -0.4 is 5.73 Å². The molecule has 2 aliphatic rings. The van der Waals surface area contributed by atoms with E-state index in [0.29, 0.717) is 17.9 Å². The highest BCUT2D eigenvalue weighted by Crippen LogP contribution is 2.28. The Bertz CT molecular complexity index is 203. The molecule has 3 atom stereocenters. The molecule has 3 nitrogen and oxygen atoms in total. The van der Waals surface area contributed by atoms with Crippen LogP contribution in [0.5, 0.6) is 0 Å². The molecule has 2 rings (SSSR count). The van der Waals surface area contributed by atoms with Gasteiger partial charge < -0.3 is 10.5 Å². The summed E-state index contributed by atoms with van der Waals surface area (Å²) < 4.78 is 5.41. The minimum absolute atomic E-state index is 0.452. The zero-order valence-electron chi connectivity index (χ0n) is 7.49. The molecule has 12 heavy (non-hydrogen) atoms. The highest BCUT2D eigenvalue weighted by atomic mass is 16.5. The topological polar surface area (TPSA) is 47.6 Å². The van der Waals surface area contributed by atoms with Crippen LogP contribution in [0.4, 0.5) is 0 Å². The van der Waals surface area contributed by atoms with Crippen LogP contribution >= 0.6 is 0 Å². The first kappa shape index (κ1) is 8.05. The number of nitrogens with two attached hydrogens (primary N) is 1. The van der Waals surface area contributed by atoms with Gasteiger partial charge in [0.1, 0.15) is 0 Å². The monoisotopic (exact) mass is 168 g/mol. The average Bonchev–Trinajstić information content (AvgIpc) is 2.07. The molecule has 3 heteroatoms. The number of amidine groups is 1. The second-order valence-electron chi connectivity index (χ2n) is 3.88. The number of nitrogens with zero attached hydrogens (tertiary/aromatic N) is 1. The number of rotatable bonds is 0. The summed E-state index contributed by atoms with van der Waals surface area (Å²) in [5.74, 6) is 1.92. The molecule has 0 saturated carbocycles. The summed E-state index contributed by atoms with van der Waals surface area (Å²) >= 11 is 0. The minimum atomic E-state index is 0.452. The number of aliphatic imine (C=N–C) groups is 1. The molecule has 3 unspecified atom stereocenters. The first-order valence-electron chi connectivity index (χ1n) is 4.68. The van der Waals surface area contributed by atoms with Crippen LogP contribution in [0.25, 0.3) is 0 Å². The second kappa shape index (κ2) is 3.05. The number of hydrogen-bond donors (Lipinski definition) is 1. The molecule has 0 aromatic rings. The Balaban J connectivity index is 2.12. The molecule has 0 aliphatic carbocycles. The Morgan fingerprint density at radius 3 is 3.25 bits per heavy atom. The second-order valence-corrected chi connectivity index (χ2v) is 3.88. The van der Waals surface area contributed by atoms with Crippen molar-refractivity contribution in [3.63, 3.8) is 0 Å². The van der Waals surface area contributed by atoms with E-state index in [1.807, 2.05) is 0 Å². The van der Waals surface area contributed by atoms with Gasteiger partial charge in [-0.2, -0.15) is 0 Å². The van der Waals surface area contributed by atoms with Gasteiger partial charge in [0, 0.05) is 18.4 Å². The van der Waals surface area contributed by atoms with E-state index < -0.39 is 0 Å². The summed E-state index contributed by atoms with van der Waals surface area (Å²) in [6.45, 7) is 3.88. The van der Waals surface area contributed by atoms with Crippen molar-refractivity contribution < 1.29 is 4.74 Å². The minimum Gasteiger partial charge on any atom is -0.387 e. The van der Waals surface area contributed by atoms with Gasteiger partial charge in [0.05, 0.1) is 18.5 Å². The van der Waals surface area contributed by atoms with Gasteiger partial charge in [-0.05, 0) is 12.8 Å². The Morgan fingerprint density at radius 1 is 1.58 bits per heavy atom. The predicted octanol–water partition coefficient (Wildman–Crippen LogP) is 0.788. The highest BCUT2D eigenvalue weighted by molar-refractivity contribution is 5.83. The van der Waals surface area contributed by atoms with E-state index >= 15 is 0 Å². The summed E-state index contributed by atoms with van der Waals surface area (Å²) in [7, 11) is 0. The summed E-state index contributed by atoms with van der Waals surface area (Å²) in [4.78, 5) is 4.50. The van der Waals surface area contributed by atoms with E-state index in [0.717, 1.165) is 31.9 Å². The third-order valence-corrected chi connectivity index (χ3v) is 2.91. The summed E-state index contributed by atoms with van der Waals surface area (Å²) in [5, 5.41) is 0. The lowest BCUT2D eigenvalue weighted by Crippen LogP contribution is -2.40. The number of ether oxygens (including phenoxy) is 1. The van der Waals surface area contributed by atoms with Gasteiger partial charge in [-0.1, -0.05) is 6.92 Å². The Labute approximate surface area is 73.0 Å². The molecule has 2 heterocycles. The van der Waals surface area contributed by atoms with Crippen molar-refractivity contribution in [3.05, 3.63) is 0 Å². The molecule has 0 bridgehead atoms. The molecule has 1 fully saturated rings. The van der Waals surface area contributed by atoms with Crippen LogP contribution in [0.1, 0.15) is 19.8 Å². The largest absolute Gasteiger partial charge is 0.387 e. The van der Waals surface area contributed by atoms with Crippen molar-refractivity contribution in [1.82, 2.24) is 0 Å². The summed E-state index contributed by atoms with van der Waals surface area (Å²) in [6.07, 6.45) is 2.21. The maximum absolute atomic E-state index is 5.79. The highest BCUT2D eigenvalue weighted by Gasteiger charge is 2.31. The number of hydrogen-bond acceptors (Lipinski definition) is 3. The van der Waals surface area contributed by atoms with Crippen molar-refractivity contribution in [1.29, 1.82) is 0 Å². The van der Waals surface area contributed by atoms with Crippen molar-refractivity contribution in [2.24, 2.45) is 22.6 Å². The van der Waals surface area contributed by atoms with E-state index in [1.54, 1.807) is 0 Å². The lowest BCUT2D eigenvalue weighted by atomic mass is 9.84. The van der Waals surface area contributed by atoms with Gasteiger partial charge in [0.2, 0.25) is 0 Å². The molecule has 0 aromatic heterocycles. The maximum atomic E-state index is 5.79. The van der Waals surface area contributed by atoms with Crippen LogP contribution in [-0.2, 0) is 4.74 Å². The predicted molar refractivity (Wildman–Crippen MR) is 48.1 cm³/mol. The molecule has 2 aliphatic heterocycles. The van der Waals surface area contributed by atoms with E-state index in [1.165, 1.54) is 0 Å². The molecular formula is C9H16N2O. The van der Waals surface area contributed by atoms with Crippen LogP contribution in [0, 0.1) is 11.8 Å². The Morgan fingerprint density at radius 2 is 2.42 bits per heavy atom. The van der Waals surface area contributed by atoms with E-state index in [9.17, 15) is 0 Å². The Kier molecular flexibility index (Phi) is 2.05. The molecule has 1 saturated heterocycles. The van der Waals surface area contributed by atoms with Gasteiger partial charge in [-0.15, -0.1) is 0 Å². The van der Waals surface area contributed by atoms with Gasteiger partial charge >= 0.3 is 0 Å². The third kappa shape index (κ3) is 1.33. The lowest BCUT2D eigenvalue weighted by molar-refractivity contribution is 0.0331. The molecular weight excluding hydrogens is 152 g/mol. The quantitative estimate of drug-likeness (QED) is 0.581. The fraction of sp³-hybridized carbons (Fsp3) is 0.889. The zero-order chi connectivity index (χ0) is 8.55. The van der Waals surface area contributed by atoms with Crippen LogP contribution in [0.15, 0.2) is 4.99 Å². The van der Waals surface area contributed by atoms with Crippen molar-refractivity contribution in [2.45, 2.75) is 25.8 Å². The van der Waals surface area contributed by atoms with E-state index in [2.05, 4.69) is 11.9 Å². The maximum Gasteiger partial charge on any atom is 0.0969 e. The molecule has 0 amide bonds. The average molecular weight is 168 g/mol. The lowest BCUT2D eigenvalue weighted by Gasteiger charge is -2.34. The first-order chi connectivity index (χ1) is 5.77. The zero-order valence-corrected chi connectivity index (χ0v) is 7.49. The summed E-state index contributed by atoms with van der Waals surface area (Å²) in [5.41, 5.74) is 5.79. The molecule has 68 valence electrons. The fourth-order valence-corrected chi connectivity index (χ4v) is 2.07. The van der Waals surface area contributed by atoms with Gasteiger partial charge in [0.25, 0.3) is 0 Å². The number of fused-ring (bicyclic) bond motifs is 1. The standard InChI is InChI=1S/C9H16N2O/c1-6-4-7-5-12-3-2-8(7)11-9(6)10/h6-8H,2-5H2,1H3,(H2,10,11). The third-order valence-electron chi connectivity index (χ3n) is 2.91. The van der Waals surface area contributed by atoms with Crippen molar-refractivity contribution >= 4 is 5.84 Å². The fourth-order valence-electron chi connectivity index (χ4n) is 2.07. The van der Waals surface area contributed by atoms with Gasteiger partial charge in [-0.25, -0.2) is 0 Å². The molecule has 0 aromatic carbocycles. The van der Waals surface area contributed by atoms with E-state index in [4.69, 9.17) is 10.5 Å². The van der Waals surface area contributed by atoms with Crippen LogP contribution in [0.3, 0.4) is 0 Å². The van der Waals surface area contributed by atoms with E-state index in [-0.39, 0.29) is 0 Å². The molecule has 0 radical (unpaired) electrons. The van der Waals surface area contributed by atoms with Crippen molar-refractivity contribution in [3.8, 4) is 0 Å². The van der Waals surface area contributed by atoms with Crippen LogP contribution in [-0.4, -0.2) is 25.1 Å². The normalized spacial score (nSPS) is 41.8. The van der Waals surface area contributed by atoms with Gasteiger partial charge in [-0.3, -0.25) is 4.99 Å². The SMILES string of the molecule is CC1CC2COCCC2N=C1N. The first-order valence-corrected chi connectivity index (χ1v) is 4.68. The smallest absolute Gasteiger partial charge is 0.0969 e. The molecule has 0 spiro atoms. The molecule has 2 N–H and O–H groups in total. The van der Waals surface area contributed by atoms with Gasteiger partial charge in [0.15, 0.2) is 0 Å². The summed E-state index contributed by atoms with van der Waals surface area (Å²) in [6, 6.07) is 0.454. The Hall–Kier alpha value is -0.570. The van der Waals surface area contributed by atoms with Crippen molar-refractivity contribution in [2.75, 3.05) is 13.2 Å².